The van der Waals surface area contributed by atoms with Crippen molar-refractivity contribution in [3.8, 4) is 28.6 Å². The number of phenolic OH excluding ortho intramolecular Hbond substituents is 3. The number of benzene rings is 2. The van der Waals surface area contributed by atoms with E-state index in [1.54, 1.807) is 12.1 Å². The van der Waals surface area contributed by atoms with E-state index in [0.717, 1.165) is 24.0 Å². The second kappa shape index (κ2) is 8.49. The van der Waals surface area contributed by atoms with Gasteiger partial charge in [-0.2, -0.15) is 0 Å². The summed E-state index contributed by atoms with van der Waals surface area (Å²) >= 11 is 0. The molecule has 0 spiro atoms. The number of hydrogen-bond acceptors (Lipinski definition) is 5. The maximum Gasteiger partial charge on any atom is 0.197 e. The lowest BCUT2D eigenvalue weighted by molar-refractivity contribution is 0.440. The highest BCUT2D eigenvalue weighted by Crippen LogP contribution is 2.38. The normalized spacial score (nSPS) is 12.1. The minimum atomic E-state index is -0.410. The second-order valence-electron chi connectivity index (χ2n) is 7.86. The zero-order valence-corrected chi connectivity index (χ0v) is 17.2. The quantitative estimate of drug-likeness (QED) is 0.440. The Kier molecular flexibility index (Phi) is 6.01. The average molecular weight is 406 g/mol. The molecule has 5 heteroatoms. The third-order valence-electron chi connectivity index (χ3n) is 5.28. The van der Waals surface area contributed by atoms with Crippen LogP contribution in [-0.4, -0.2) is 15.3 Å². The van der Waals surface area contributed by atoms with Crippen molar-refractivity contribution >= 4 is 11.0 Å². The Morgan fingerprint density at radius 1 is 1.03 bits per heavy atom. The lowest BCUT2D eigenvalue weighted by Gasteiger charge is -2.19. The molecule has 0 saturated carbocycles. The molecule has 30 heavy (non-hydrogen) atoms. The van der Waals surface area contributed by atoms with Crippen LogP contribution in [-0.2, 0) is 6.42 Å². The first-order valence-corrected chi connectivity index (χ1v) is 9.78. The first kappa shape index (κ1) is 21.2. The van der Waals surface area contributed by atoms with Crippen LogP contribution >= 0.6 is 0 Å². The van der Waals surface area contributed by atoms with Crippen LogP contribution in [0.5, 0.6) is 17.2 Å². The van der Waals surface area contributed by atoms with Gasteiger partial charge in [0.2, 0.25) is 0 Å². The zero-order chi connectivity index (χ0) is 22.0. The molecule has 0 radical (unpaired) electrons. The summed E-state index contributed by atoms with van der Waals surface area (Å²) in [6.07, 6.45) is 2.03. The average Bonchev–Trinajstić information content (AvgIpc) is 2.66. The van der Waals surface area contributed by atoms with Gasteiger partial charge in [-0.05, 0) is 63.3 Å². The van der Waals surface area contributed by atoms with Crippen molar-refractivity contribution in [3.63, 3.8) is 0 Å². The van der Waals surface area contributed by atoms with Crippen molar-refractivity contribution in [3.05, 3.63) is 76.5 Å². The van der Waals surface area contributed by atoms with Crippen molar-refractivity contribution in [1.29, 1.82) is 0 Å². The molecule has 0 bridgehead atoms. The predicted octanol–water partition coefficient (Wildman–Crippen LogP) is 5.67. The van der Waals surface area contributed by atoms with E-state index in [1.165, 1.54) is 24.3 Å². The SMILES string of the molecule is C=C(C)CCC(Cc1c(O)cc(O)c2c(=O)cc(-c3ccc(O)cc3)oc12)C(=C)C. The van der Waals surface area contributed by atoms with Gasteiger partial charge in [-0.3, -0.25) is 4.79 Å². The van der Waals surface area contributed by atoms with Crippen LogP contribution in [0.3, 0.4) is 0 Å². The molecular formula is C25H26O5. The van der Waals surface area contributed by atoms with E-state index in [1.807, 2.05) is 13.8 Å². The van der Waals surface area contributed by atoms with E-state index in [2.05, 4.69) is 13.2 Å². The Labute approximate surface area is 175 Å². The van der Waals surface area contributed by atoms with E-state index >= 15 is 0 Å². The van der Waals surface area contributed by atoms with Crippen molar-refractivity contribution in [2.75, 3.05) is 0 Å². The van der Waals surface area contributed by atoms with Crippen LogP contribution in [0.1, 0.15) is 32.3 Å². The number of aromatic hydroxyl groups is 3. The molecule has 2 aromatic carbocycles. The fourth-order valence-corrected chi connectivity index (χ4v) is 3.51. The Balaban J connectivity index is 2.17. The third kappa shape index (κ3) is 4.40. The lowest BCUT2D eigenvalue weighted by atomic mass is 9.87. The first-order valence-electron chi connectivity index (χ1n) is 9.78. The van der Waals surface area contributed by atoms with Gasteiger partial charge in [0.25, 0.3) is 0 Å². The van der Waals surface area contributed by atoms with Crippen LogP contribution < -0.4 is 5.43 Å². The van der Waals surface area contributed by atoms with Crippen LogP contribution in [0.2, 0.25) is 0 Å². The van der Waals surface area contributed by atoms with Gasteiger partial charge in [-0.15, -0.1) is 6.58 Å². The van der Waals surface area contributed by atoms with Gasteiger partial charge in [0.05, 0.1) is 0 Å². The molecular weight excluding hydrogens is 380 g/mol. The summed E-state index contributed by atoms with van der Waals surface area (Å²) in [4.78, 5) is 12.8. The first-order chi connectivity index (χ1) is 14.2. The molecule has 0 aliphatic rings. The summed E-state index contributed by atoms with van der Waals surface area (Å²) in [7, 11) is 0. The molecule has 1 unspecified atom stereocenters. The van der Waals surface area contributed by atoms with Gasteiger partial charge in [0.15, 0.2) is 5.43 Å². The highest BCUT2D eigenvalue weighted by atomic mass is 16.3. The molecule has 0 aliphatic heterocycles. The molecule has 3 aromatic rings. The molecule has 0 saturated heterocycles. The van der Waals surface area contributed by atoms with Crippen LogP contribution in [0.4, 0.5) is 0 Å². The molecule has 3 N–H and O–H groups in total. The molecule has 1 heterocycles. The molecule has 1 atom stereocenters. The molecule has 3 rings (SSSR count). The zero-order valence-electron chi connectivity index (χ0n) is 17.2. The Morgan fingerprint density at radius 3 is 2.30 bits per heavy atom. The van der Waals surface area contributed by atoms with E-state index in [4.69, 9.17) is 4.42 Å². The van der Waals surface area contributed by atoms with Gasteiger partial charge in [-0.25, -0.2) is 0 Å². The summed E-state index contributed by atoms with van der Waals surface area (Å²) in [5.41, 5.74) is 2.81. The van der Waals surface area contributed by atoms with Gasteiger partial charge in [0.1, 0.15) is 34.0 Å². The summed E-state index contributed by atoms with van der Waals surface area (Å²) in [6.45, 7) is 11.9. The van der Waals surface area contributed by atoms with Crippen molar-refractivity contribution in [2.24, 2.45) is 5.92 Å². The number of allylic oxidation sites excluding steroid dienone is 2. The Hall–Kier alpha value is -3.47. The second-order valence-corrected chi connectivity index (χ2v) is 7.86. The van der Waals surface area contributed by atoms with Gasteiger partial charge < -0.3 is 19.7 Å². The predicted molar refractivity (Wildman–Crippen MR) is 119 cm³/mol. The van der Waals surface area contributed by atoms with Crippen LogP contribution in [0.25, 0.3) is 22.3 Å². The van der Waals surface area contributed by atoms with Crippen molar-refractivity contribution < 1.29 is 19.7 Å². The summed E-state index contributed by atoms with van der Waals surface area (Å²) in [5, 5.41) is 30.4. The summed E-state index contributed by atoms with van der Waals surface area (Å²) in [5.74, 6) is -0.0335. The maximum absolute atomic E-state index is 12.8. The topological polar surface area (TPSA) is 90.9 Å². The third-order valence-corrected chi connectivity index (χ3v) is 5.28. The molecule has 156 valence electrons. The summed E-state index contributed by atoms with van der Waals surface area (Å²) < 4.78 is 6.02. The largest absolute Gasteiger partial charge is 0.508 e. The van der Waals surface area contributed by atoms with Crippen LogP contribution in [0, 0.1) is 5.92 Å². The molecule has 0 fully saturated rings. The highest BCUT2D eigenvalue weighted by Gasteiger charge is 2.21. The van der Waals surface area contributed by atoms with Gasteiger partial charge >= 0.3 is 0 Å². The fraction of sp³-hybridized carbons (Fsp3) is 0.240. The molecule has 0 amide bonds. The summed E-state index contributed by atoms with van der Waals surface area (Å²) in [6, 6.07) is 8.73. The molecule has 1 aromatic heterocycles. The number of phenols is 3. The lowest BCUT2D eigenvalue weighted by Crippen LogP contribution is -2.09. The van der Waals surface area contributed by atoms with E-state index in [-0.39, 0.29) is 39.9 Å². The maximum atomic E-state index is 12.8. The monoisotopic (exact) mass is 406 g/mol. The van der Waals surface area contributed by atoms with Gasteiger partial charge in [0, 0.05) is 23.3 Å². The molecule has 0 aliphatic carbocycles. The van der Waals surface area contributed by atoms with Crippen LogP contribution in [0.15, 0.2) is 69.9 Å². The number of hydrogen-bond donors (Lipinski definition) is 3. The van der Waals surface area contributed by atoms with Gasteiger partial charge in [-0.1, -0.05) is 17.7 Å². The van der Waals surface area contributed by atoms with E-state index < -0.39 is 5.43 Å². The Morgan fingerprint density at radius 2 is 1.70 bits per heavy atom. The minimum Gasteiger partial charge on any atom is -0.508 e. The Bertz CT molecular complexity index is 1170. The van der Waals surface area contributed by atoms with E-state index in [9.17, 15) is 20.1 Å². The number of fused-ring (bicyclic) bond motifs is 1. The fourth-order valence-electron chi connectivity index (χ4n) is 3.51. The smallest absolute Gasteiger partial charge is 0.197 e. The van der Waals surface area contributed by atoms with Crippen molar-refractivity contribution in [2.45, 2.75) is 33.1 Å². The van der Waals surface area contributed by atoms with Crippen molar-refractivity contribution in [1.82, 2.24) is 0 Å². The van der Waals surface area contributed by atoms with E-state index in [0.29, 0.717) is 17.5 Å². The standard InChI is InChI=1S/C25H26O5/c1-14(2)5-6-17(15(3)4)11-19-20(27)12-21(28)24-22(29)13-23(30-25(19)24)16-7-9-18(26)10-8-16/h7-10,12-13,17,26-28H,1,3,5-6,11H2,2,4H3. The number of rotatable bonds is 7. The highest BCUT2D eigenvalue weighted by molar-refractivity contribution is 5.89. The minimum absolute atomic E-state index is 0.0331. The molecule has 5 nitrogen and oxygen atoms in total.